The summed E-state index contributed by atoms with van der Waals surface area (Å²) in [4.78, 5) is 4.13. The third-order valence-corrected chi connectivity index (χ3v) is 4.41. The van der Waals surface area contributed by atoms with Gasteiger partial charge in [0.2, 0.25) is 0 Å². The normalized spacial score (nSPS) is 26.3. The number of aliphatic hydroxyl groups excluding tert-OH is 1. The Balaban J connectivity index is 2.21. The highest BCUT2D eigenvalue weighted by atomic mass is 19.4. The Labute approximate surface area is 122 Å². The van der Waals surface area contributed by atoms with Gasteiger partial charge in [0.25, 0.3) is 0 Å². The van der Waals surface area contributed by atoms with Gasteiger partial charge in [0.05, 0.1) is 12.0 Å². The minimum Gasteiger partial charge on any atom is -0.392 e. The molecular weight excluding hydrogens is 281 g/mol. The van der Waals surface area contributed by atoms with E-state index in [0.29, 0.717) is 25.0 Å². The van der Waals surface area contributed by atoms with Crippen LogP contribution in [0.4, 0.5) is 13.2 Å². The summed E-state index contributed by atoms with van der Waals surface area (Å²) in [6.07, 6.45) is -2.07. The number of rotatable bonds is 4. The molecule has 0 saturated heterocycles. The maximum Gasteiger partial charge on any atom is 0.392 e. The average molecular weight is 302 g/mol. The molecule has 0 bridgehead atoms. The zero-order valence-electron chi connectivity index (χ0n) is 11.8. The molecular formula is C15H21F3N2O. The molecule has 1 aliphatic carbocycles. The average Bonchev–Trinajstić information content (AvgIpc) is 2.48. The topological polar surface area (TPSA) is 59.1 Å². The van der Waals surface area contributed by atoms with Crippen LogP contribution >= 0.6 is 0 Å². The van der Waals surface area contributed by atoms with Gasteiger partial charge >= 0.3 is 6.18 Å². The van der Waals surface area contributed by atoms with Gasteiger partial charge in [0.15, 0.2) is 0 Å². The molecule has 3 nitrogen and oxygen atoms in total. The van der Waals surface area contributed by atoms with Crippen molar-refractivity contribution in [3.8, 4) is 0 Å². The lowest BCUT2D eigenvalue weighted by molar-refractivity contribution is -0.208. The molecule has 4 atom stereocenters. The Hall–Kier alpha value is -1.14. The van der Waals surface area contributed by atoms with Crippen LogP contribution < -0.4 is 5.73 Å². The van der Waals surface area contributed by atoms with Crippen molar-refractivity contribution in [3.63, 3.8) is 0 Å². The first-order chi connectivity index (χ1) is 9.95. The van der Waals surface area contributed by atoms with Crippen molar-refractivity contribution in [3.05, 3.63) is 30.1 Å². The molecule has 6 heteroatoms. The van der Waals surface area contributed by atoms with Crippen LogP contribution in [0.2, 0.25) is 0 Å². The number of nitrogens with two attached hydrogens (primary N) is 1. The van der Waals surface area contributed by atoms with Crippen LogP contribution in [0.25, 0.3) is 0 Å². The number of hydrogen-bond donors (Lipinski definition) is 2. The first-order valence-electron chi connectivity index (χ1n) is 7.31. The van der Waals surface area contributed by atoms with Crippen molar-refractivity contribution in [1.82, 2.24) is 4.98 Å². The summed E-state index contributed by atoms with van der Waals surface area (Å²) < 4.78 is 39.5. The van der Waals surface area contributed by atoms with Crippen LogP contribution in [0.1, 0.15) is 37.3 Å². The van der Waals surface area contributed by atoms with E-state index in [2.05, 4.69) is 4.98 Å². The molecule has 1 fully saturated rings. The van der Waals surface area contributed by atoms with Gasteiger partial charge in [-0.3, -0.25) is 4.98 Å². The van der Waals surface area contributed by atoms with E-state index in [-0.39, 0.29) is 13.0 Å². The number of halogens is 3. The smallest absolute Gasteiger partial charge is 0.392 e. The molecule has 1 heterocycles. The van der Waals surface area contributed by atoms with Crippen molar-refractivity contribution in [2.75, 3.05) is 6.54 Å². The predicted octanol–water partition coefficient (Wildman–Crippen LogP) is 2.85. The molecule has 3 N–H and O–H groups in total. The van der Waals surface area contributed by atoms with E-state index in [9.17, 15) is 18.3 Å². The quantitative estimate of drug-likeness (QED) is 0.899. The van der Waals surface area contributed by atoms with E-state index < -0.39 is 30.0 Å². The third kappa shape index (κ3) is 3.74. The first-order valence-corrected chi connectivity index (χ1v) is 7.31. The fraction of sp³-hybridized carbons (Fsp3) is 0.667. The molecule has 2 rings (SSSR count). The van der Waals surface area contributed by atoms with Crippen molar-refractivity contribution in [1.29, 1.82) is 0 Å². The summed E-state index contributed by atoms with van der Waals surface area (Å²) >= 11 is 0. The molecule has 0 radical (unpaired) electrons. The molecule has 0 amide bonds. The minimum atomic E-state index is -4.27. The van der Waals surface area contributed by atoms with Gasteiger partial charge in [0.1, 0.15) is 0 Å². The first kappa shape index (κ1) is 16.2. The molecule has 118 valence electrons. The second-order valence-corrected chi connectivity index (χ2v) is 5.68. The fourth-order valence-electron chi connectivity index (χ4n) is 3.30. The van der Waals surface area contributed by atoms with Gasteiger partial charge in [0, 0.05) is 24.4 Å². The molecule has 0 aliphatic heterocycles. The van der Waals surface area contributed by atoms with Crippen molar-refractivity contribution in [2.45, 2.75) is 43.9 Å². The van der Waals surface area contributed by atoms with Crippen LogP contribution in [0.15, 0.2) is 24.4 Å². The summed E-state index contributed by atoms with van der Waals surface area (Å²) in [7, 11) is 0. The minimum absolute atomic E-state index is 0.0826. The summed E-state index contributed by atoms with van der Waals surface area (Å²) in [5.41, 5.74) is 6.24. The van der Waals surface area contributed by atoms with Crippen LogP contribution in [-0.4, -0.2) is 28.9 Å². The maximum atomic E-state index is 13.2. The number of hydrogen-bond acceptors (Lipinski definition) is 3. The molecule has 1 aliphatic rings. The van der Waals surface area contributed by atoms with Crippen molar-refractivity contribution in [2.24, 2.45) is 17.6 Å². The third-order valence-electron chi connectivity index (χ3n) is 4.41. The lowest BCUT2D eigenvalue weighted by Gasteiger charge is -2.38. The van der Waals surface area contributed by atoms with E-state index >= 15 is 0 Å². The molecule has 21 heavy (non-hydrogen) atoms. The van der Waals surface area contributed by atoms with Crippen LogP contribution in [0.3, 0.4) is 0 Å². The Morgan fingerprint density at radius 2 is 2.00 bits per heavy atom. The van der Waals surface area contributed by atoms with Crippen LogP contribution in [0, 0.1) is 11.8 Å². The number of alkyl halides is 3. The molecule has 4 unspecified atom stereocenters. The Morgan fingerprint density at radius 1 is 1.29 bits per heavy atom. The molecule has 0 aromatic carbocycles. The van der Waals surface area contributed by atoms with Gasteiger partial charge in [-0.15, -0.1) is 0 Å². The molecule has 1 aromatic rings. The highest BCUT2D eigenvalue weighted by molar-refractivity contribution is 5.13. The molecule has 1 aromatic heterocycles. The van der Waals surface area contributed by atoms with Gasteiger partial charge < -0.3 is 10.8 Å². The number of aromatic nitrogens is 1. The van der Waals surface area contributed by atoms with Gasteiger partial charge in [-0.2, -0.15) is 13.2 Å². The number of nitrogens with zero attached hydrogens (tertiary/aromatic N) is 1. The zero-order chi connectivity index (χ0) is 15.5. The monoisotopic (exact) mass is 302 g/mol. The van der Waals surface area contributed by atoms with Gasteiger partial charge in [-0.1, -0.05) is 18.9 Å². The molecule has 0 spiro atoms. The summed E-state index contributed by atoms with van der Waals surface area (Å²) in [5, 5.41) is 10.5. The highest BCUT2D eigenvalue weighted by Crippen LogP contribution is 2.44. The Bertz CT molecular complexity index is 438. The zero-order valence-corrected chi connectivity index (χ0v) is 11.8. The van der Waals surface area contributed by atoms with Crippen molar-refractivity contribution < 1.29 is 18.3 Å². The SMILES string of the molecule is NCC(c1ccccn1)C(O)C1CCCCC1C(F)(F)F. The summed E-state index contributed by atoms with van der Waals surface area (Å²) in [6, 6.07) is 5.18. The van der Waals surface area contributed by atoms with E-state index in [4.69, 9.17) is 5.73 Å². The standard InChI is InChI=1S/C15H21F3N2O/c16-15(17,18)12-6-2-1-5-10(12)14(21)11(9-19)13-7-3-4-8-20-13/h3-4,7-8,10-12,14,21H,1-2,5-6,9,19H2. The molecule has 1 saturated carbocycles. The van der Waals surface area contributed by atoms with Gasteiger partial charge in [-0.05, 0) is 30.9 Å². The van der Waals surface area contributed by atoms with E-state index in [1.54, 1.807) is 24.4 Å². The Morgan fingerprint density at radius 3 is 2.57 bits per heavy atom. The lowest BCUT2D eigenvalue weighted by atomic mass is 9.72. The van der Waals surface area contributed by atoms with Crippen LogP contribution in [-0.2, 0) is 0 Å². The second kappa shape index (κ2) is 6.75. The van der Waals surface area contributed by atoms with E-state index in [1.165, 1.54) is 0 Å². The summed E-state index contributed by atoms with van der Waals surface area (Å²) in [6.45, 7) is 0.0826. The van der Waals surface area contributed by atoms with Gasteiger partial charge in [-0.25, -0.2) is 0 Å². The fourth-order valence-corrected chi connectivity index (χ4v) is 3.30. The van der Waals surface area contributed by atoms with Crippen molar-refractivity contribution >= 4 is 0 Å². The predicted molar refractivity (Wildman–Crippen MR) is 73.5 cm³/mol. The largest absolute Gasteiger partial charge is 0.392 e. The maximum absolute atomic E-state index is 13.2. The van der Waals surface area contributed by atoms with E-state index in [0.717, 1.165) is 0 Å². The number of aliphatic hydroxyl groups is 1. The second-order valence-electron chi connectivity index (χ2n) is 5.68. The van der Waals surface area contributed by atoms with Crippen LogP contribution in [0.5, 0.6) is 0 Å². The number of pyridine rings is 1. The lowest BCUT2D eigenvalue weighted by Crippen LogP contribution is -2.43. The Kier molecular flexibility index (Phi) is 5.22. The van der Waals surface area contributed by atoms with E-state index in [1.807, 2.05) is 0 Å². The summed E-state index contributed by atoms with van der Waals surface area (Å²) in [5.74, 6) is -2.80. The highest BCUT2D eigenvalue weighted by Gasteiger charge is 2.49.